The van der Waals surface area contributed by atoms with Gasteiger partial charge in [-0.25, -0.2) is 8.78 Å². The van der Waals surface area contributed by atoms with Crippen LogP contribution in [-0.2, 0) is 23.9 Å². The molecule has 5 aliphatic rings. The molecule has 1 heterocycles. The zero-order valence-corrected chi connectivity index (χ0v) is 13.7. The van der Waals surface area contributed by atoms with Gasteiger partial charge in [-0.3, -0.25) is 14.4 Å². The van der Waals surface area contributed by atoms with Crippen molar-refractivity contribution in [1.29, 1.82) is 0 Å². The van der Waals surface area contributed by atoms with Crippen LogP contribution in [0.25, 0.3) is 0 Å². The zero-order chi connectivity index (χ0) is 17.8. The third-order valence-electron chi connectivity index (χ3n) is 7.49. The Morgan fingerprint density at radius 1 is 1.32 bits per heavy atom. The van der Waals surface area contributed by atoms with Gasteiger partial charge in [0.1, 0.15) is 11.5 Å². The predicted octanol–water partition coefficient (Wildman–Crippen LogP) is 1.90. The molecule has 7 atom stereocenters. The van der Waals surface area contributed by atoms with E-state index in [1.54, 1.807) is 6.08 Å². The van der Waals surface area contributed by atoms with Crippen LogP contribution in [0.15, 0.2) is 12.2 Å². The number of halogens is 2. The summed E-state index contributed by atoms with van der Waals surface area (Å²) in [5, 5.41) is 0. The molecule has 25 heavy (non-hydrogen) atoms. The molecule has 134 valence electrons. The van der Waals surface area contributed by atoms with E-state index < -0.39 is 64.8 Å². The maximum atomic E-state index is 14.6. The lowest BCUT2D eigenvalue weighted by molar-refractivity contribution is -0.156. The van der Waals surface area contributed by atoms with Gasteiger partial charge < -0.3 is 9.47 Å². The summed E-state index contributed by atoms with van der Waals surface area (Å²) >= 11 is 0. The molecule has 0 amide bonds. The van der Waals surface area contributed by atoms with Crippen molar-refractivity contribution in [3.63, 3.8) is 0 Å². The first-order valence-corrected chi connectivity index (χ1v) is 8.68. The van der Waals surface area contributed by atoms with Crippen molar-refractivity contribution in [2.75, 3.05) is 7.11 Å². The molecule has 5 rings (SSSR count). The molecule has 4 fully saturated rings. The maximum absolute atomic E-state index is 14.6. The quantitative estimate of drug-likeness (QED) is 0.533. The van der Waals surface area contributed by atoms with Gasteiger partial charge in [0.15, 0.2) is 5.78 Å². The summed E-state index contributed by atoms with van der Waals surface area (Å²) in [6.07, 6.45) is 3.51. The number of hydrogen-bond donors (Lipinski definition) is 0. The molecule has 0 aromatic carbocycles. The highest BCUT2D eigenvalue weighted by molar-refractivity contribution is 6.09. The summed E-state index contributed by atoms with van der Waals surface area (Å²) in [5.74, 6) is -8.38. The van der Waals surface area contributed by atoms with Gasteiger partial charge in [-0.1, -0.05) is 0 Å². The summed E-state index contributed by atoms with van der Waals surface area (Å²) in [5.41, 5.74) is -2.10. The second kappa shape index (κ2) is 4.30. The lowest BCUT2D eigenvalue weighted by Crippen LogP contribution is -2.43. The number of esters is 2. The number of carbonyl (C=O) groups is 3. The van der Waals surface area contributed by atoms with Crippen molar-refractivity contribution in [1.82, 2.24) is 0 Å². The lowest BCUT2D eigenvalue weighted by atomic mass is 9.63. The predicted molar refractivity (Wildman–Crippen MR) is 78.3 cm³/mol. The van der Waals surface area contributed by atoms with Gasteiger partial charge in [0.25, 0.3) is 5.92 Å². The number of fused-ring (bicyclic) bond motifs is 1. The molecule has 0 aromatic heterocycles. The highest BCUT2D eigenvalue weighted by Gasteiger charge is 2.81. The molecule has 0 radical (unpaired) electrons. The number of methoxy groups -OCH3 is 1. The molecule has 5 nitrogen and oxygen atoms in total. The largest absolute Gasteiger partial charge is 0.469 e. The number of ketones is 1. The van der Waals surface area contributed by atoms with Crippen LogP contribution in [0.4, 0.5) is 8.78 Å². The number of alkyl halides is 2. The fourth-order valence-electron chi connectivity index (χ4n) is 6.83. The van der Waals surface area contributed by atoms with E-state index in [2.05, 4.69) is 0 Å². The Bertz CT molecular complexity index is 746. The second-order valence-corrected chi connectivity index (χ2v) is 8.22. The van der Waals surface area contributed by atoms with Gasteiger partial charge in [-0.2, -0.15) is 0 Å². The van der Waals surface area contributed by atoms with Crippen LogP contribution in [-0.4, -0.2) is 36.4 Å². The van der Waals surface area contributed by atoms with E-state index in [4.69, 9.17) is 9.47 Å². The van der Waals surface area contributed by atoms with E-state index in [0.29, 0.717) is 12.8 Å². The number of carbonyl (C=O) groups excluding carboxylic acids is 3. The van der Waals surface area contributed by atoms with E-state index in [9.17, 15) is 23.2 Å². The second-order valence-electron chi connectivity index (χ2n) is 8.22. The maximum Gasteiger partial charge on any atom is 0.318 e. The smallest absolute Gasteiger partial charge is 0.318 e. The first kappa shape index (κ1) is 15.5. The van der Waals surface area contributed by atoms with Crippen LogP contribution >= 0.6 is 0 Å². The number of ether oxygens (including phenoxy) is 2. The van der Waals surface area contributed by atoms with Crippen LogP contribution in [0.5, 0.6) is 0 Å². The fourth-order valence-corrected chi connectivity index (χ4v) is 6.83. The van der Waals surface area contributed by atoms with E-state index in [1.807, 2.05) is 0 Å². The minimum atomic E-state index is -2.85. The molecular weight excluding hydrogens is 334 g/mol. The van der Waals surface area contributed by atoms with Crippen molar-refractivity contribution in [2.24, 2.45) is 35.0 Å². The van der Waals surface area contributed by atoms with Crippen LogP contribution in [0.3, 0.4) is 0 Å². The number of rotatable bonds is 1. The third-order valence-corrected chi connectivity index (χ3v) is 7.49. The Labute approximate surface area is 142 Å². The summed E-state index contributed by atoms with van der Waals surface area (Å²) in [6.45, 7) is 0. The average Bonchev–Trinajstić information content (AvgIpc) is 3.00. The summed E-state index contributed by atoms with van der Waals surface area (Å²) in [7, 11) is 1.22. The van der Waals surface area contributed by atoms with Crippen molar-refractivity contribution < 1.29 is 32.6 Å². The van der Waals surface area contributed by atoms with E-state index in [0.717, 1.165) is 0 Å². The highest BCUT2D eigenvalue weighted by atomic mass is 19.3. The molecule has 4 bridgehead atoms. The Hall–Kier alpha value is -1.79. The Morgan fingerprint density at radius 2 is 2.08 bits per heavy atom. The van der Waals surface area contributed by atoms with E-state index in [-0.39, 0.29) is 12.3 Å². The SMILES string of the molecule is COC(=O)[C@H]1C2[C@H]3C(=O)C=C[C@@]2(OC3=O)C2CC[C@H]3C[C@@]21CC3(F)F. The van der Waals surface area contributed by atoms with E-state index in [1.165, 1.54) is 13.2 Å². The van der Waals surface area contributed by atoms with Crippen LogP contribution in [0.1, 0.15) is 25.7 Å². The van der Waals surface area contributed by atoms with Crippen LogP contribution < -0.4 is 0 Å². The third kappa shape index (κ3) is 1.52. The topological polar surface area (TPSA) is 69.7 Å². The van der Waals surface area contributed by atoms with Crippen molar-refractivity contribution in [3.8, 4) is 0 Å². The minimum Gasteiger partial charge on any atom is -0.469 e. The summed E-state index contributed by atoms with van der Waals surface area (Å²) in [4.78, 5) is 37.3. The summed E-state index contributed by atoms with van der Waals surface area (Å²) in [6, 6.07) is 0. The van der Waals surface area contributed by atoms with Gasteiger partial charge in [0, 0.05) is 24.2 Å². The molecule has 7 heteroatoms. The Balaban J connectivity index is 1.74. The van der Waals surface area contributed by atoms with Crippen LogP contribution in [0.2, 0.25) is 0 Å². The van der Waals surface area contributed by atoms with Crippen molar-refractivity contribution in [2.45, 2.75) is 37.2 Å². The number of allylic oxidation sites excluding steroid dienone is 1. The Morgan fingerprint density at radius 3 is 2.80 bits per heavy atom. The monoisotopic (exact) mass is 352 g/mol. The van der Waals surface area contributed by atoms with Gasteiger partial charge in [-0.15, -0.1) is 0 Å². The van der Waals surface area contributed by atoms with Crippen LogP contribution in [0, 0.1) is 35.0 Å². The molecule has 0 N–H and O–H groups in total. The van der Waals surface area contributed by atoms with Gasteiger partial charge in [0.05, 0.1) is 13.0 Å². The van der Waals surface area contributed by atoms with Crippen molar-refractivity contribution in [3.05, 3.63) is 12.2 Å². The standard InChI is InChI=1S/C18H18F2O5/c1-24-15(23)13-12-11-9(21)4-5-17(12,25-14(11)22)10-3-2-8-6-16(10,13)7-18(8,19)20/h4-5,8,10-13H,2-3,6-7H2,1H3/t8-,10?,11+,12?,13+,16+,17+/m0/s1. The molecule has 3 saturated carbocycles. The molecular formula is C18H18F2O5. The van der Waals surface area contributed by atoms with Gasteiger partial charge in [-0.05, 0) is 36.8 Å². The molecule has 2 unspecified atom stereocenters. The average molecular weight is 352 g/mol. The fraction of sp³-hybridized carbons (Fsp3) is 0.722. The van der Waals surface area contributed by atoms with Crippen molar-refractivity contribution >= 4 is 17.7 Å². The molecule has 0 aromatic rings. The lowest BCUT2D eigenvalue weighted by Gasteiger charge is -2.42. The molecule has 1 saturated heterocycles. The first-order chi connectivity index (χ1) is 11.8. The van der Waals surface area contributed by atoms with E-state index >= 15 is 0 Å². The zero-order valence-electron chi connectivity index (χ0n) is 13.7. The Kier molecular flexibility index (Phi) is 2.66. The molecule has 1 spiro atoms. The normalized spacial score (nSPS) is 51.1. The van der Waals surface area contributed by atoms with Gasteiger partial charge in [0.2, 0.25) is 0 Å². The molecule has 4 aliphatic carbocycles. The minimum absolute atomic E-state index is 0.217. The highest BCUT2D eigenvalue weighted by Crippen LogP contribution is 2.76. The summed E-state index contributed by atoms with van der Waals surface area (Å²) < 4.78 is 39.8. The first-order valence-electron chi connectivity index (χ1n) is 8.68. The molecule has 1 aliphatic heterocycles. The number of hydrogen-bond acceptors (Lipinski definition) is 5. The van der Waals surface area contributed by atoms with Gasteiger partial charge >= 0.3 is 11.9 Å².